The van der Waals surface area contributed by atoms with Crippen molar-refractivity contribution < 1.29 is 43.7 Å². The fraction of sp³-hybridized carbons (Fsp3) is 0.594. The van der Waals surface area contributed by atoms with Gasteiger partial charge >= 0.3 is 23.9 Å². The SMILES string of the molecule is CCCCCCCCOC(=O)[C@@H]1CCCN1C(=O)[C@H](C)N[C@@H](CCc1ccccc1)C(=O)OCC.O=C(O)/C=C\C(=O)O. The molecule has 1 aliphatic rings. The average molecular weight is 605 g/mol. The molecule has 0 spiro atoms. The summed E-state index contributed by atoms with van der Waals surface area (Å²) in [5.41, 5.74) is 1.12. The first-order chi connectivity index (χ1) is 20.6. The molecule has 1 aromatic rings. The molecule has 0 aromatic heterocycles. The Bertz CT molecular complexity index is 1010. The Morgan fingerprint density at radius 2 is 1.58 bits per heavy atom. The van der Waals surface area contributed by atoms with Crippen LogP contribution in [0.15, 0.2) is 42.5 Å². The van der Waals surface area contributed by atoms with E-state index in [1.165, 1.54) is 19.3 Å². The zero-order valence-corrected chi connectivity index (χ0v) is 25.7. The molecule has 1 amide bonds. The number of carbonyl (C=O) groups is 5. The van der Waals surface area contributed by atoms with Crippen LogP contribution >= 0.6 is 0 Å². The maximum absolute atomic E-state index is 13.2. The number of hydrogen-bond donors (Lipinski definition) is 3. The summed E-state index contributed by atoms with van der Waals surface area (Å²) in [7, 11) is 0. The molecule has 1 heterocycles. The van der Waals surface area contributed by atoms with E-state index < -0.39 is 30.1 Å². The summed E-state index contributed by atoms with van der Waals surface area (Å²) in [4.78, 5) is 59.2. The predicted molar refractivity (Wildman–Crippen MR) is 161 cm³/mol. The molecule has 0 bridgehead atoms. The Hall–Kier alpha value is -3.73. The van der Waals surface area contributed by atoms with E-state index in [0.29, 0.717) is 44.6 Å². The molecule has 1 fully saturated rings. The number of esters is 2. The molecule has 3 atom stereocenters. The maximum Gasteiger partial charge on any atom is 0.328 e. The van der Waals surface area contributed by atoms with E-state index in [-0.39, 0.29) is 24.5 Å². The van der Waals surface area contributed by atoms with Crippen molar-refractivity contribution in [3.05, 3.63) is 48.0 Å². The third kappa shape index (κ3) is 15.9. The molecular weight excluding hydrogens is 556 g/mol. The monoisotopic (exact) mass is 604 g/mol. The first-order valence-electron chi connectivity index (χ1n) is 15.2. The van der Waals surface area contributed by atoms with Crippen LogP contribution in [0.3, 0.4) is 0 Å². The molecule has 240 valence electrons. The number of aliphatic carboxylic acids is 2. The second-order valence-electron chi connectivity index (χ2n) is 10.4. The Labute approximate surface area is 254 Å². The minimum Gasteiger partial charge on any atom is -0.478 e. The van der Waals surface area contributed by atoms with Gasteiger partial charge in [-0.25, -0.2) is 14.4 Å². The van der Waals surface area contributed by atoms with Gasteiger partial charge in [0.05, 0.1) is 19.3 Å². The quantitative estimate of drug-likeness (QED) is 0.126. The van der Waals surface area contributed by atoms with Crippen LogP contribution in [0, 0.1) is 0 Å². The van der Waals surface area contributed by atoms with Gasteiger partial charge in [0.2, 0.25) is 5.91 Å². The topological polar surface area (TPSA) is 160 Å². The molecule has 3 N–H and O–H groups in total. The predicted octanol–water partition coefficient (Wildman–Crippen LogP) is 4.14. The first kappa shape index (κ1) is 37.3. The van der Waals surface area contributed by atoms with Crippen LogP contribution in [0.4, 0.5) is 0 Å². The van der Waals surface area contributed by atoms with Gasteiger partial charge in [0.15, 0.2) is 0 Å². The second-order valence-corrected chi connectivity index (χ2v) is 10.4. The van der Waals surface area contributed by atoms with Gasteiger partial charge in [-0.2, -0.15) is 0 Å². The number of aryl methyl sites for hydroxylation is 1. The number of carboxylic acids is 2. The Morgan fingerprint density at radius 1 is 0.953 bits per heavy atom. The summed E-state index contributed by atoms with van der Waals surface area (Å²) in [5.74, 6) is -3.38. The Morgan fingerprint density at radius 3 is 2.19 bits per heavy atom. The number of unbranched alkanes of at least 4 members (excludes halogenated alkanes) is 5. The molecule has 11 heteroatoms. The molecule has 1 aromatic carbocycles. The number of nitrogens with one attached hydrogen (secondary N) is 1. The molecular formula is C32H48N2O9. The number of likely N-dealkylation sites (tertiary alicyclic amines) is 1. The normalized spacial score (nSPS) is 15.7. The molecule has 0 unspecified atom stereocenters. The summed E-state index contributed by atoms with van der Waals surface area (Å²) in [6, 6.07) is 8.15. The van der Waals surface area contributed by atoms with Crippen LogP contribution < -0.4 is 5.32 Å². The van der Waals surface area contributed by atoms with Gasteiger partial charge in [0.25, 0.3) is 0 Å². The van der Waals surface area contributed by atoms with Gasteiger partial charge < -0.3 is 24.6 Å². The molecule has 2 rings (SSSR count). The lowest BCUT2D eigenvalue weighted by Crippen LogP contribution is -2.53. The molecule has 43 heavy (non-hydrogen) atoms. The van der Waals surface area contributed by atoms with Crippen molar-refractivity contribution in [3.8, 4) is 0 Å². The van der Waals surface area contributed by atoms with Gasteiger partial charge in [-0.3, -0.25) is 14.9 Å². The third-order valence-corrected chi connectivity index (χ3v) is 6.88. The molecule has 11 nitrogen and oxygen atoms in total. The van der Waals surface area contributed by atoms with E-state index >= 15 is 0 Å². The zero-order valence-electron chi connectivity index (χ0n) is 25.7. The van der Waals surface area contributed by atoms with Crippen LogP contribution in [0.2, 0.25) is 0 Å². The fourth-order valence-electron chi connectivity index (χ4n) is 4.66. The second kappa shape index (κ2) is 21.9. The lowest BCUT2D eigenvalue weighted by atomic mass is 10.0. The highest BCUT2D eigenvalue weighted by Gasteiger charge is 2.38. The number of nitrogens with zero attached hydrogens (tertiary/aromatic N) is 1. The van der Waals surface area contributed by atoms with Crippen molar-refractivity contribution in [3.63, 3.8) is 0 Å². The van der Waals surface area contributed by atoms with E-state index in [1.807, 2.05) is 30.3 Å². The highest BCUT2D eigenvalue weighted by atomic mass is 16.5. The van der Waals surface area contributed by atoms with Crippen molar-refractivity contribution in [1.82, 2.24) is 10.2 Å². The number of rotatable bonds is 18. The minimum absolute atomic E-state index is 0.182. The number of amides is 1. The summed E-state index contributed by atoms with van der Waals surface area (Å²) in [6.07, 6.45) is 10.5. The van der Waals surface area contributed by atoms with Gasteiger partial charge in [-0.15, -0.1) is 0 Å². The van der Waals surface area contributed by atoms with E-state index in [4.69, 9.17) is 19.7 Å². The standard InChI is InChI=1S/C28H44N2O5.C4H4O4/c1-4-6-7-8-9-13-21-35-28(33)25-17-14-20-30(25)26(31)22(3)29-24(27(32)34-5-2)19-18-23-15-11-10-12-16-23;5-3(6)1-2-4(7)8/h10-12,15-16,22,24-25,29H,4-9,13-14,17-21H2,1-3H3;1-2H,(H,5,6)(H,7,8)/b;2-1-/t22-,24-,25-;/m0./s1. The highest BCUT2D eigenvalue weighted by Crippen LogP contribution is 2.20. The van der Waals surface area contributed by atoms with Crippen molar-refractivity contribution in [2.45, 2.75) is 103 Å². The van der Waals surface area contributed by atoms with Crippen molar-refractivity contribution in [2.75, 3.05) is 19.8 Å². The van der Waals surface area contributed by atoms with Gasteiger partial charge in [0, 0.05) is 18.7 Å². The zero-order chi connectivity index (χ0) is 32.0. The van der Waals surface area contributed by atoms with Gasteiger partial charge in [-0.1, -0.05) is 69.4 Å². The van der Waals surface area contributed by atoms with E-state index in [0.717, 1.165) is 31.2 Å². The van der Waals surface area contributed by atoms with E-state index in [9.17, 15) is 24.0 Å². The Balaban J connectivity index is 0.00000101. The highest BCUT2D eigenvalue weighted by molar-refractivity contribution is 5.90. The molecule has 1 aliphatic heterocycles. The van der Waals surface area contributed by atoms with Crippen molar-refractivity contribution in [1.29, 1.82) is 0 Å². The Kier molecular flexibility index (Phi) is 19.0. The smallest absolute Gasteiger partial charge is 0.328 e. The van der Waals surface area contributed by atoms with E-state index in [2.05, 4.69) is 12.2 Å². The number of carboxylic acid groups (broad SMARTS) is 2. The summed E-state index contributed by atoms with van der Waals surface area (Å²) < 4.78 is 10.7. The molecule has 0 aliphatic carbocycles. The fourth-order valence-corrected chi connectivity index (χ4v) is 4.66. The first-order valence-corrected chi connectivity index (χ1v) is 15.2. The maximum atomic E-state index is 13.2. The number of benzene rings is 1. The largest absolute Gasteiger partial charge is 0.478 e. The number of carbonyl (C=O) groups excluding carboxylic acids is 3. The summed E-state index contributed by atoms with van der Waals surface area (Å²) in [6.45, 7) is 6.91. The van der Waals surface area contributed by atoms with Crippen molar-refractivity contribution >= 4 is 29.8 Å². The minimum atomic E-state index is -1.26. The van der Waals surface area contributed by atoms with Crippen LogP contribution in [-0.2, 0) is 39.9 Å². The van der Waals surface area contributed by atoms with Gasteiger partial charge in [-0.05, 0) is 51.5 Å². The average Bonchev–Trinajstić information content (AvgIpc) is 3.48. The van der Waals surface area contributed by atoms with Crippen LogP contribution in [-0.4, -0.2) is 82.8 Å². The number of hydrogen-bond acceptors (Lipinski definition) is 8. The van der Waals surface area contributed by atoms with Crippen LogP contribution in [0.5, 0.6) is 0 Å². The van der Waals surface area contributed by atoms with Crippen LogP contribution in [0.25, 0.3) is 0 Å². The van der Waals surface area contributed by atoms with Crippen molar-refractivity contribution in [2.24, 2.45) is 0 Å². The van der Waals surface area contributed by atoms with Crippen LogP contribution in [0.1, 0.15) is 84.1 Å². The lowest BCUT2D eigenvalue weighted by Gasteiger charge is -2.28. The summed E-state index contributed by atoms with van der Waals surface area (Å²) >= 11 is 0. The lowest BCUT2D eigenvalue weighted by molar-refractivity contribution is -0.154. The van der Waals surface area contributed by atoms with Gasteiger partial charge in [0.1, 0.15) is 12.1 Å². The third-order valence-electron chi connectivity index (χ3n) is 6.88. The summed E-state index contributed by atoms with van der Waals surface area (Å²) in [5, 5.41) is 18.8. The molecule has 0 saturated carbocycles. The number of ether oxygens (including phenoxy) is 2. The molecule has 0 radical (unpaired) electrons. The molecule has 1 saturated heterocycles. The van der Waals surface area contributed by atoms with E-state index in [1.54, 1.807) is 18.7 Å².